The van der Waals surface area contributed by atoms with Gasteiger partial charge in [-0.1, -0.05) is 89.8 Å². The molecule has 2 aromatic carbocycles. The SMILES string of the molecule is C[Si](C)N(Cc1ccccc1)N=C1C=CC(=O)c2c(Cl)c(Cl)c(Cl)c(Cl)c21. The normalized spacial score (nSPS) is 14.8. The Bertz CT molecular complexity index is 958. The highest BCUT2D eigenvalue weighted by Crippen LogP contribution is 2.43. The van der Waals surface area contributed by atoms with Gasteiger partial charge in [0.05, 0.1) is 37.9 Å². The van der Waals surface area contributed by atoms with Crippen LogP contribution < -0.4 is 0 Å². The number of ketones is 1. The summed E-state index contributed by atoms with van der Waals surface area (Å²) in [7, 11) is -0.933. The molecule has 0 heterocycles. The maximum Gasteiger partial charge on any atom is 0.188 e. The van der Waals surface area contributed by atoms with Crippen LogP contribution in [0.5, 0.6) is 0 Å². The molecule has 0 atom stereocenters. The van der Waals surface area contributed by atoms with Gasteiger partial charge < -0.3 is 4.67 Å². The topological polar surface area (TPSA) is 32.7 Å². The third-order valence-corrected chi connectivity index (χ3v) is 7.17. The van der Waals surface area contributed by atoms with E-state index in [1.54, 1.807) is 6.08 Å². The molecule has 0 bridgehead atoms. The maximum atomic E-state index is 12.4. The molecular formula is C19H15Cl4N2OSi. The summed E-state index contributed by atoms with van der Waals surface area (Å²) in [5.41, 5.74) is 2.34. The van der Waals surface area contributed by atoms with Crippen molar-refractivity contribution in [2.24, 2.45) is 5.10 Å². The Morgan fingerprint density at radius 3 is 2.07 bits per heavy atom. The average molecular weight is 457 g/mol. The molecule has 0 aromatic heterocycles. The monoisotopic (exact) mass is 455 g/mol. The Hall–Kier alpha value is -1.30. The van der Waals surface area contributed by atoms with Gasteiger partial charge in [-0.3, -0.25) is 4.79 Å². The van der Waals surface area contributed by atoms with Crippen LogP contribution in [0.2, 0.25) is 33.2 Å². The lowest BCUT2D eigenvalue weighted by Gasteiger charge is -2.25. The first-order valence-electron chi connectivity index (χ1n) is 8.10. The van der Waals surface area contributed by atoms with Crippen LogP contribution in [0, 0.1) is 0 Å². The number of allylic oxidation sites excluding steroid dienone is 2. The van der Waals surface area contributed by atoms with Gasteiger partial charge in [0.25, 0.3) is 0 Å². The number of nitrogens with zero attached hydrogens (tertiary/aromatic N) is 2. The van der Waals surface area contributed by atoms with Gasteiger partial charge in [0, 0.05) is 5.56 Å². The van der Waals surface area contributed by atoms with Crippen molar-refractivity contribution in [2.45, 2.75) is 19.6 Å². The highest BCUT2D eigenvalue weighted by atomic mass is 35.5. The van der Waals surface area contributed by atoms with Crippen molar-refractivity contribution in [3.8, 4) is 0 Å². The highest BCUT2D eigenvalue weighted by Gasteiger charge is 2.29. The number of carbonyl (C=O) groups excluding carboxylic acids is 1. The molecular weight excluding hydrogens is 442 g/mol. The minimum Gasteiger partial charge on any atom is -0.320 e. The van der Waals surface area contributed by atoms with Gasteiger partial charge in [-0.05, 0) is 17.7 Å². The smallest absolute Gasteiger partial charge is 0.188 e. The summed E-state index contributed by atoms with van der Waals surface area (Å²) < 4.78 is 2.02. The minimum absolute atomic E-state index is 0.0713. The van der Waals surface area contributed by atoms with E-state index >= 15 is 0 Å². The standard InChI is InChI=1S/C19H15Cl4N2OSi/c1-27(2)25(10-11-6-4-3-5-7-11)24-12-8-9-13(26)15-14(12)16(20)18(22)19(23)17(15)21/h3-9H,10H2,1-2H3. The summed E-state index contributed by atoms with van der Waals surface area (Å²) in [6.45, 7) is 4.93. The second-order valence-corrected chi connectivity index (χ2v) is 10.1. The van der Waals surface area contributed by atoms with Gasteiger partial charge in [-0.2, -0.15) is 5.10 Å². The Balaban J connectivity index is 2.12. The minimum atomic E-state index is -0.933. The highest BCUT2D eigenvalue weighted by molar-refractivity contribution is 6.55. The fraction of sp³-hybridized carbons (Fsp3) is 0.158. The Morgan fingerprint density at radius 2 is 1.48 bits per heavy atom. The predicted molar refractivity (Wildman–Crippen MR) is 116 cm³/mol. The van der Waals surface area contributed by atoms with E-state index < -0.39 is 8.96 Å². The van der Waals surface area contributed by atoms with Gasteiger partial charge in [0.1, 0.15) is 0 Å². The zero-order valence-electron chi connectivity index (χ0n) is 14.6. The first kappa shape index (κ1) is 20.4. The van der Waals surface area contributed by atoms with Crippen LogP contribution in [0.3, 0.4) is 0 Å². The van der Waals surface area contributed by atoms with Crippen molar-refractivity contribution in [3.05, 3.63) is 79.3 Å². The number of fused-ring (bicyclic) bond motifs is 1. The van der Waals surface area contributed by atoms with Crippen molar-refractivity contribution in [2.75, 3.05) is 0 Å². The predicted octanol–water partition coefficient (Wildman–Crippen LogP) is 6.51. The average Bonchev–Trinajstić information content (AvgIpc) is 2.65. The van der Waals surface area contributed by atoms with Crippen LogP contribution in [0.1, 0.15) is 21.5 Å². The fourth-order valence-electron chi connectivity index (χ4n) is 2.69. The van der Waals surface area contributed by atoms with E-state index in [9.17, 15) is 4.79 Å². The Morgan fingerprint density at radius 1 is 0.889 bits per heavy atom. The van der Waals surface area contributed by atoms with Crippen molar-refractivity contribution in [1.29, 1.82) is 0 Å². The summed E-state index contributed by atoms with van der Waals surface area (Å²) >= 11 is 25.0. The summed E-state index contributed by atoms with van der Waals surface area (Å²) in [4.78, 5) is 12.4. The van der Waals surface area contributed by atoms with Crippen LogP contribution in [0.25, 0.3) is 0 Å². The molecule has 0 unspecified atom stereocenters. The van der Waals surface area contributed by atoms with Crippen molar-refractivity contribution < 1.29 is 4.79 Å². The molecule has 1 aliphatic carbocycles. The molecule has 0 saturated carbocycles. The van der Waals surface area contributed by atoms with E-state index in [2.05, 4.69) is 13.1 Å². The summed E-state index contributed by atoms with van der Waals surface area (Å²) in [6, 6.07) is 10.1. The number of hydrazone groups is 1. The lowest BCUT2D eigenvalue weighted by atomic mass is 9.94. The van der Waals surface area contributed by atoms with Gasteiger partial charge in [-0.15, -0.1) is 0 Å². The molecule has 27 heavy (non-hydrogen) atoms. The molecule has 0 saturated heterocycles. The second kappa shape index (κ2) is 8.37. The van der Waals surface area contributed by atoms with E-state index in [1.807, 2.05) is 35.0 Å². The second-order valence-electron chi connectivity index (χ2n) is 6.18. The number of rotatable bonds is 4. The van der Waals surface area contributed by atoms with Crippen LogP contribution in [0.4, 0.5) is 0 Å². The van der Waals surface area contributed by atoms with Gasteiger partial charge in [0.2, 0.25) is 0 Å². The lowest BCUT2D eigenvalue weighted by Crippen LogP contribution is -2.31. The lowest BCUT2D eigenvalue weighted by molar-refractivity contribution is 0.104. The van der Waals surface area contributed by atoms with E-state index in [1.165, 1.54) is 6.08 Å². The number of hydrogen-bond acceptors (Lipinski definition) is 3. The van der Waals surface area contributed by atoms with E-state index in [4.69, 9.17) is 51.5 Å². The van der Waals surface area contributed by atoms with E-state index in [0.29, 0.717) is 17.8 Å². The van der Waals surface area contributed by atoms with E-state index in [-0.39, 0.29) is 31.4 Å². The molecule has 1 aliphatic rings. The van der Waals surface area contributed by atoms with Crippen LogP contribution in [-0.4, -0.2) is 25.1 Å². The molecule has 3 rings (SSSR count). The number of benzene rings is 2. The third kappa shape index (κ3) is 4.10. The molecule has 2 aromatic rings. The summed E-state index contributed by atoms with van der Waals surface area (Å²) in [5, 5.41) is 5.25. The first-order valence-corrected chi connectivity index (χ1v) is 12.1. The van der Waals surface area contributed by atoms with Gasteiger partial charge >= 0.3 is 0 Å². The largest absolute Gasteiger partial charge is 0.320 e. The zero-order chi connectivity index (χ0) is 19.7. The molecule has 0 aliphatic heterocycles. The maximum absolute atomic E-state index is 12.4. The van der Waals surface area contributed by atoms with Crippen LogP contribution in [0.15, 0.2) is 47.6 Å². The number of hydrogen-bond donors (Lipinski definition) is 0. The van der Waals surface area contributed by atoms with Crippen molar-refractivity contribution in [3.63, 3.8) is 0 Å². The quantitative estimate of drug-likeness (QED) is 0.227. The number of halogens is 4. The molecule has 0 N–H and O–H groups in total. The first-order chi connectivity index (χ1) is 12.8. The summed E-state index contributed by atoms with van der Waals surface area (Å²) in [5.74, 6) is -0.275. The molecule has 139 valence electrons. The van der Waals surface area contributed by atoms with Crippen molar-refractivity contribution >= 4 is 66.9 Å². The van der Waals surface area contributed by atoms with Gasteiger partial charge in [-0.25, -0.2) is 0 Å². The van der Waals surface area contributed by atoms with Crippen LogP contribution >= 0.6 is 46.4 Å². The van der Waals surface area contributed by atoms with Gasteiger partial charge in [0.15, 0.2) is 14.7 Å². The molecule has 3 nitrogen and oxygen atoms in total. The summed E-state index contributed by atoms with van der Waals surface area (Å²) in [6.07, 6.45) is 3.06. The van der Waals surface area contributed by atoms with E-state index in [0.717, 1.165) is 5.56 Å². The molecule has 0 spiro atoms. The molecule has 0 fully saturated rings. The molecule has 0 amide bonds. The third-order valence-electron chi connectivity index (χ3n) is 4.08. The molecule has 8 heteroatoms. The number of carbonyl (C=O) groups is 1. The fourth-order valence-corrected chi connectivity index (χ4v) is 4.54. The Kier molecular flexibility index (Phi) is 6.34. The van der Waals surface area contributed by atoms with Crippen LogP contribution in [-0.2, 0) is 6.54 Å². The molecule has 1 radical (unpaired) electrons. The van der Waals surface area contributed by atoms with Crippen molar-refractivity contribution in [1.82, 2.24) is 4.67 Å². The Labute approximate surface area is 179 Å². The zero-order valence-corrected chi connectivity index (χ0v) is 18.6.